The van der Waals surface area contributed by atoms with Gasteiger partial charge in [-0.3, -0.25) is 9.69 Å². The number of aliphatic hydroxyl groups excluding tert-OH is 1. The van der Waals surface area contributed by atoms with Gasteiger partial charge in [-0.15, -0.1) is 0 Å². The summed E-state index contributed by atoms with van der Waals surface area (Å²) in [7, 11) is 1.46. The van der Waals surface area contributed by atoms with Crippen LogP contribution in [-0.4, -0.2) is 60.4 Å². The summed E-state index contributed by atoms with van der Waals surface area (Å²) in [5.74, 6) is -0.503. The van der Waals surface area contributed by atoms with Crippen LogP contribution in [0.15, 0.2) is 0 Å². The first-order valence-electron chi connectivity index (χ1n) is 5.18. The van der Waals surface area contributed by atoms with Crippen LogP contribution < -0.4 is 0 Å². The van der Waals surface area contributed by atoms with Gasteiger partial charge in [0.2, 0.25) is 0 Å². The Hall–Kier alpha value is -0.520. The lowest BCUT2D eigenvalue weighted by atomic mass is 9.72. The van der Waals surface area contributed by atoms with Crippen LogP contribution >= 0.6 is 0 Å². The molecule has 1 unspecified atom stereocenters. The van der Waals surface area contributed by atoms with E-state index >= 15 is 0 Å². The number of Topliss-reactive ketones (excluding diaryl/α,β-unsaturated/α-hetero) is 1. The molecule has 0 saturated carbocycles. The predicted molar refractivity (Wildman–Crippen MR) is 51.3 cm³/mol. The van der Waals surface area contributed by atoms with Crippen LogP contribution in [0, 0.1) is 0 Å². The molecule has 15 heavy (non-hydrogen) atoms. The third-order valence-corrected chi connectivity index (χ3v) is 3.64. The van der Waals surface area contributed by atoms with Crippen molar-refractivity contribution in [2.24, 2.45) is 0 Å². The first-order chi connectivity index (χ1) is 7.09. The van der Waals surface area contributed by atoms with Crippen molar-refractivity contribution in [2.45, 2.75) is 24.0 Å². The highest BCUT2D eigenvalue weighted by Crippen LogP contribution is 2.41. The van der Waals surface area contributed by atoms with Crippen molar-refractivity contribution in [3.8, 4) is 0 Å². The number of carbonyl (C=O) groups is 1. The molecule has 0 amide bonds. The van der Waals surface area contributed by atoms with E-state index in [1.54, 1.807) is 0 Å². The van der Waals surface area contributed by atoms with Crippen molar-refractivity contribution in [3.05, 3.63) is 0 Å². The van der Waals surface area contributed by atoms with Crippen molar-refractivity contribution in [2.75, 3.05) is 33.4 Å². The molecule has 0 aliphatic carbocycles. The Morgan fingerprint density at radius 3 is 2.60 bits per heavy atom. The molecule has 2 bridgehead atoms. The smallest absolute Gasteiger partial charge is 0.194 e. The maximum Gasteiger partial charge on any atom is 0.194 e. The van der Waals surface area contributed by atoms with E-state index < -0.39 is 17.0 Å². The van der Waals surface area contributed by atoms with Crippen molar-refractivity contribution >= 4 is 5.78 Å². The summed E-state index contributed by atoms with van der Waals surface area (Å²) in [5, 5.41) is 9.37. The van der Waals surface area contributed by atoms with Gasteiger partial charge in [-0.25, -0.2) is 4.39 Å². The lowest BCUT2D eigenvalue weighted by molar-refractivity contribution is -0.173. The molecule has 1 N–H and O–H groups in total. The number of ether oxygens (including phenoxy) is 1. The maximum absolute atomic E-state index is 14.2. The van der Waals surface area contributed by atoms with Crippen LogP contribution in [0.25, 0.3) is 0 Å². The number of hydrogen-bond donors (Lipinski definition) is 1. The molecular weight excluding hydrogens is 201 g/mol. The molecule has 3 rings (SSSR count). The molecule has 3 heterocycles. The molecule has 86 valence electrons. The van der Waals surface area contributed by atoms with Crippen LogP contribution in [0.3, 0.4) is 0 Å². The van der Waals surface area contributed by atoms with E-state index in [-0.39, 0.29) is 26.1 Å². The van der Waals surface area contributed by atoms with E-state index in [1.807, 2.05) is 4.90 Å². The minimum absolute atomic E-state index is 0.0635. The number of carbonyl (C=O) groups excluding carboxylic acids is 1. The van der Waals surface area contributed by atoms with Crippen LogP contribution in [0.2, 0.25) is 0 Å². The minimum atomic E-state index is -1.74. The zero-order valence-corrected chi connectivity index (χ0v) is 8.83. The molecule has 0 radical (unpaired) electrons. The summed E-state index contributed by atoms with van der Waals surface area (Å²) in [4.78, 5) is 13.8. The van der Waals surface area contributed by atoms with Crippen LogP contribution in [0.4, 0.5) is 4.39 Å². The number of aliphatic hydroxyl groups is 1. The SMILES string of the molecule is COCC1(CO)C(=O)C2(F)CCN1CC2. The predicted octanol–water partition coefficient (Wildman–Crippen LogP) is -0.249. The van der Waals surface area contributed by atoms with Crippen molar-refractivity contribution in [1.29, 1.82) is 0 Å². The maximum atomic E-state index is 14.2. The second kappa shape index (κ2) is 3.50. The molecule has 0 aromatic carbocycles. The summed E-state index contributed by atoms with van der Waals surface area (Å²) >= 11 is 0. The molecule has 4 nitrogen and oxygen atoms in total. The number of alkyl halides is 1. The number of nitrogens with zero attached hydrogens (tertiary/aromatic N) is 1. The number of piperidine rings is 3. The monoisotopic (exact) mass is 217 g/mol. The van der Waals surface area contributed by atoms with E-state index in [9.17, 15) is 14.3 Å². The Morgan fingerprint density at radius 2 is 2.13 bits per heavy atom. The lowest BCUT2D eigenvalue weighted by Crippen LogP contribution is -2.73. The highest BCUT2D eigenvalue weighted by atomic mass is 19.1. The second-order valence-corrected chi connectivity index (χ2v) is 4.40. The standard InChI is InChI=1S/C10H16FNO3/c1-15-7-10(6-13)8(14)9(11)2-4-12(10)5-3-9/h13H,2-7H2,1H3. The molecule has 0 aromatic rings. The van der Waals surface area contributed by atoms with E-state index in [1.165, 1.54) is 7.11 Å². The van der Waals surface area contributed by atoms with Crippen LogP contribution in [0.1, 0.15) is 12.8 Å². The fourth-order valence-electron chi connectivity index (χ4n) is 2.69. The summed E-state index contributed by atoms with van der Waals surface area (Å²) in [5.41, 5.74) is -2.88. The molecule has 0 spiro atoms. The third kappa shape index (κ3) is 1.33. The summed E-state index contributed by atoms with van der Waals surface area (Å²) in [6.45, 7) is 0.734. The number of ketones is 1. The first kappa shape index (κ1) is 11.0. The quantitative estimate of drug-likeness (QED) is 0.708. The third-order valence-electron chi connectivity index (χ3n) is 3.64. The highest BCUT2D eigenvalue weighted by molar-refractivity contribution is 5.97. The number of methoxy groups -OCH3 is 1. The lowest BCUT2D eigenvalue weighted by Gasteiger charge is -2.53. The van der Waals surface area contributed by atoms with Gasteiger partial charge in [0, 0.05) is 33.0 Å². The highest BCUT2D eigenvalue weighted by Gasteiger charge is 2.61. The number of rotatable bonds is 3. The number of hydrogen-bond acceptors (Lipinski definition) is 4. The Kier molecular flexibility index (Phi) is 2.56. The number of fused-ring (bicyclic) bond motifs is 3. The number of halogens is 1. The molecule has 3 saturated heterocycles. The van der Waals surface area contributed by atoms with Gasteiger partial charge in [-0.1, -0.05) is 0 Å². The molecule has 3 aliphatic heterocycles. The summed E-state index contributed by atoms with van der Waals surface area (Å²) < 4.78 is 19.1. The topological polar surface area (TPSA) is 49.8 Å². The van der Waals surface area contributed by atoms with Gasteiger partial charge in [-0.05, 0) is 0 Å². The minimum Gasteiger partial charge on any atom is -0.394 e. The van der Waals surface area contributed by atoms with E-state index in [0.717, 1.165) is 0 Å². The Morgan fingerprint density at radius 1 is 1.53 bits per heavy atom. The van der Waals surface area contributed by atoms with Gasteiger partial charge in [0.15, 0.2) is 11.5 Å². The van der Waals surface area contributed by atoms with Gasteiger partial charge >= 0.3 is 0 Å². The molecule has 5 heteroatoms. The van der Waals surface area contributed by atoms with Gasteiger partial charge < -0.3 is 9.84 Å². The van der Waals surface area contributed by atoms with Gasteiger partial charge in [0.1, 0.15) is 5.54 Å². The first-order valence-corrected chi connectivity index (χ1v) is 5.18. The van der Waals surface area contributed by atoms with Crippen molar-refractivity contribution in [3.63, 3.8) is 0 Å². The fourth-order valence-corrected chi connectivity index (χ4v) is 2.69. The normalized spacial score (nSPS) is 44.7. The zero-order valence-electron chi connectivity index (χ0n) is 8.83. The Labute approximate surface area is 88.0 Å². The van der Waals surface area contributed by atoms with Crippen molar-refractivity contribution < 1.29 is 19.0 Å². The van der Waals surface area contributed by atoms with Crippen LogP contribution in [0.5, 0.6) is 0 Å². The van der Waals surface area contributed by atoms with E-state index in [4.69, 9.17) is 4.74 Å². The molecule has 3 aliphatic rings. The largest absolute Gasteiger partial charge is 0.394 e. The van der Waals surface area contributed by atoms with Gasteiger partial charge in [0.25, 0.3) is 0 Å². The van der Waals surface area contributed by atoms with Gasteiger partial charge in [-0.2, -0.15) is 0 Å². The molecule has 0 aromatic heterocycles. The molecule has 1 atom stereocenters. The Bertz CT molecular complexity index is 276. The zero-order chi connectivity index (χ0) is 11.1. The Balaban J connectivity index is 2.34. The molecular formula is C10H16FNO3. The van der Waals surface area contributed by atoms with Crippen LogP contribution in [-0.2, 0) is 9.53 Å². The average molecular weight is 217 g/mol. The molecule has 3 fully saturated rings. The fraction of sp³-hybridized carbons (Fsp3) is 0.900. The van der Waals surface area contributed by atoms with Crippen molar-refractivity contribution in [1.82, 2.24) is 4.90 Å². The summed E-state index contributed by atoms with van der Waals surface area (Å²) in [6, 6.07) is 0. The van der Waals surface area contributed by atoms with E-state index in [0.29, 0.717) is 13.1 Å². The second-order valence-electron chi connectivity index (χ2n) is 4.40. The van der Waals surface area contributed by atoms with Gasteiger partial charge in [0.05, 0.1) is 13.2 Å². The van der Waals surface area contributed by atoms with E-state index in [2.05, 4.69) is 0 Å². The summed E-state index contributed by atoms with van der Waals surface area (Å²) in [6.07, 6.45) is 0.495. The average Bonchev–Trinajstić information content (AvgIpc) is 2.25.